The van der Waals surface area contributed by atoms with Crippen molar-refractivity contribution in [3.05, 3.63) is 18.7 Å². The standard InChI is InChI=1S/C12H19N3O/c16-10-12-4-1-2-7-15(12)8-3-6-14-9-5-13-11-14/h5,9-12H,1-4,6-8H2. The summed E-state index contributed by atoms with van der Waals surface area (Å²) >= 11 is 0. The van der Waals surface area contributed by atoms with E-state index < -0.39 is 0 Å². The van der Waals surface area contributed by atoms with Crippen molar-refractivity contribution < 1.29 is 4.79 Å². The number of aldehydes is 1. The summed E-state index contributed by atoms with van der Waals surface area (Å²) in [5, 5.41) is 0. The quantitative estimate of drug-likeness (QED) is 0.704. The van der Waals surface area contributed by atoms with E-state index >= 15 is 0 Å². The summed E-state index contributed by atoms with van der Waals surface area (Å²) in [4.78, 5) is 17.2. The van der Waals surface area contributed by atoms with E-state index in [2.05, 4.69) is 14.5 Å². The maximum atomic E-state index is 10.9. The van der Waals surface area contributed by atoms with Gasteiger partial charge in [-0.25, -0.2) is 4.98 Å². The Morgan fingerprint density at radius 1 is 1.38 bits per heavy atom. The molecule has 1 aliphatic rings. The summed E-state index contributed by atoms with van der Waals surface area (Å²) in [5.41, 5.74) is 0. The van der Waals surface area contributed by atoms with Crippen molar-refractivity contribution in [2.45, 2.75) is 38.3 Å². The van der Waals surface area contributed by atoms with Gasteiger partial charge in [-0.2, -0.15) is 0 Å². The molecule has 1 atom stereocenters. The zero-order valence-corrected chi connectivity index (χ0v) is 9.59. The smallest absolute Gasteiger partial charge is 0.137 e. The highest BCUT2D eigenvalue weighted by Crippen LogP contribution is 2.15. The molecule has 0 amide bonds. The van der Waals surface area contributed by atoms with Crippen LogP contribution in [0.2, 0.25) is 0 Å². The number of hydrogen-bond donors (Lipinski definition) is 0. The number of rotatable bonds is 5. The predicted molar refractivity (Wildman–Crippen MR) is 62.1 cm³/mol. The van der Waals surface area contributed by atoms with Gasteiger partial charge in [-0.1, -0.05) is 6.42 Å². The van der Waals surface area contributed by atoms with Gasteiger partial charge in [0, 0.05) is 25.5 Å². The Morgan fingerprint density at radius 3 is 3.06 bits per heavy atom. The molecule has 1 fully saturated rings. The topological polar surface area (TPSA) is 38.1 Å². The zero-order valence-electron chi connectivity index (χ0n) is 9.59. The second-order valence-corrected chi connectivity index (χ2v) is 4.39. The van der Waals surface area contributed by atoms with E-state index in [0.29, 0.717) is 0 Å². The average molecular weight is 221 g/mol. The first-order valence-electron chi connectivity index (χ1n) is 6.05. The van der Waals surface area contributed by atoms with E-state index in [9.17, 15) is 4.79 Å². The Balaban J connectivity index is 1.73. The highest BCUT2D eigenvalue weighted by Gasteiger charge is 2.20. The van der Waals surface area contributed by atoms with Crippen LogP contribution in [-0.4, -0.2) is 39.9 Å². The number of hydrogen-bond acceptors (Lipinski definition) is 3. The molecule has 1 unspecified atom stereocenters. The highest BCUT2D eigenvalue weighted by molar-refractivity contribution is 5.57. The zero-order chi connectivity index (χ0) is 11.2. The van der Waals surface area contributed by atoms with E-state index in [-0.39, 0.29) is 6.04 Å². The molecule has 1 aromatic rings. The Hall–Kier alpha value is -1.16. The van der Waals surface area contributed by atoms with Crippen molar-refractivity contribution in [1.29, 1.82) is 0 Å². The number of nitrogens with zero attached hydrogens (tertiary/aromatic N) is 3. The molecule has 1 aliphatic heterocycles. The molecule has 16 heavy (non-hydrogen) atoms. The average Bonchev–Trinajstić information content (AvgIpc) is 2.83. The van der Waals surface area contributed by atoms with Gasteiger partial charge in [-0.15, -0.1) is 0 Å². The SMILES string of the molecule is O=CC1CCCCN1CCCn1ccnc1. The van der Waals surface area contributed by atoms with Gasteiger partial charge < -0.3 is 9.36 Å². The second-order valence-electron chi connectivity index (χ2n) is 4.39. The molecule has 0 aromatic carbocycles. The van der Waals surface area contributed by atoms with Crippen LogP contribution >= 0.6 is 0 Å². The minimum atomic E-state index is 0.163. The second kappa shape index (κ2) is 5.80. The van der Waals surface area contributed by atoms with Crippen LogP contribution in [0.3, 0.4) is 0 Å². The molecule has 0 bridgehead atoms. The fraction of sp³-hybridized carbons (Fsp3) is 0.667. The first-order valence-corrected chi connectivity index (χ1v) is 6.05. The Morgan fingerprint density at radius 2 is 2.31 bits per heavy atom. The lowest BCUT2D eigenvalue weighted by Gasteiger charge is -2.32. The van der Waals surface area contributed by atoms with Crippen LogP contribution < -0.4 is 0 Å². The maximum absolute atomic E-state index is 10.9. The largest absolute Gasteiger partial charge is 0.337 e. The van der Waals surface area contributed by atoms with Crippen molar-refractivity contribution in [2.75, 3.05) is 13.1 Å². The molecule has 4 heteroatoms. The highest BCUT2D eigenvalue weighted by atomic mass is 16.1. The lowest BCUT2D eigenvalue weighted by atomic mass is 10.0. The van der Waals surface area contributed by atoms with Gasteiger partial charge in [0.2, 0.25) is 0 Å². The van der Waals surface area contributed by atoms with Gasteiger partial charge in [0.05, 0.1) is 12.4 Å². The van der Waals surface area contributed by atoms with Crippen LogP contribution in [0.25, 0.3) is 0 Å². The number of aryl methyl sites for hydroxylation is 1. The molecule has 0 saturated carbocycles. The molecule has 1 saturated heterocycles. The fourth-order valence-corrected chi connectivity index (χ4v) is 2.32. The molecule has 88 valence electrons. The van der Waals surface area contributed by atoms with E-state index in [1.54, 1.807) is 6.20 Å². The third kappa shape index (κ3) is 2.92. The number of aromatic nitrogens is 2. The molecular formula is C12H19N3O. The molecule has 4 nitrogen and oxygen atoms in total. The van der Waals surface area contributed by atoms with Gasteiger partial charge >= 0.3 is 0 Å². The van der Waals surface area contributed by atoms with Crippen LogP contribution in [0.15, 0.2) is 18.7 Å². The fourth-order valence-electron chi connectivity index (χ4n) is 2.32. The van der Waals surface area contributed by atoms with Crippen molar-refractivity contribution >= 4 is 6.29 Å². The monoisotopic (exact) mass is 221 g/mol. The number of piperidine rings is 1. The van der Waals surface area contributed by atoms with Crippen LogP contribution in [0.5, 0.6) is 0 Å². The Kier molecular flexibility index (Phi) is 4.10. The van der Waals surface area contributed by atoms with E-state index in [1.165, 1.54) is 12.8 Å². The van der Waals surface area contributed by atoms with Gasteiger partial charge in [0.25, 0.3) is 0 Å². The molecule has 1 aromatic heterocycles. The first-order chi connectivity index (χ1) is 7.90. The van der Waals surface area contributed by atoms with Gasteiger partial charge in [-0.3, -0.25) is 4.90 Å². The van der Waals surface area contributed by atoms with Gasteiger partial charge in [0.15, 0.2) is 0 Å². The number of likely N-dealkylation sites (tertiary alicyclic amines) is 1. The van der Waals surface area contributed by atoms with Crippen LogP contribution in [0.1, 0.15) is 25.7 Å². The summed E-state index contributed by atoms with van der Waals surface area (Å²) in [6, 6.07) is 0.163. The number of carbonyl (C=O) groups is 1. The maximum Gasteiger partial charge on any atom is 0.137 e. The minimum Gasteiger partial charge on any atom is -0.337 e. The molecule has 2 heterocycles. The molecular weight excluding hydrogens is 202 g/mol. The number of carbonyl (C=O) groups excluding carboxylic acids is 1. The van der Waals surface area contributed by atoms with Crippen LogP contribution in [-0.2, 0) is 11.3 Å². The van der Waals surface area contributed by atoms with Crippen molar-refractivity contribution in [3.8, 4) is 0 Å². The molecule has 0 radical (unpaired) electrons. The normalized spacial score (nSPS) is 22.1. The van der Waals surface area contributed by atoms with Crippen LogP contribution in [0.4, 0.5) is 0 Å². The lowest BCUT2D eigenvalue weighted by molar-refractivity contribution is -0.113. The first kappa shape index (κ1) is 11.3. The predicted octanol–water partition coefficient (Wildman–Crippen LogP) is 1.33. The Bertz CT molecular complexity index is 310. The van der Waals surface area contributed by atoms with Gasteiger partial charge in [0.1, 0.15) is 6.29 Å². The summed E-state index contributed by atoms with van der Waals surface area (Å²) in [6.45, 7) is 3.08. The summed E-state index contributed by atoms with van der Waals surface area (Å²) in [5.74, 6) is 0. The molecule has 0 spiro atoms. The van der Waals surface area contributed by atoms with E-state index in [4.69, 9.17) is 0 Å². The van der Waals surface area contributed by atoms with Crippen LogP contribution in [0, 0.1) is 0 Å². The third-order valence-electron chi connectivity index (χ3n) is 3.24. The number of imidazole rings is 1. The summed E-state index contributed by atoms with van der Waals surface area (Å²) in [6.07, 6.45) is 11.3. The minimum absolute atomic E-state index is 0.163. The van der Waals surface area contributed by atoms with Crippen molar-refractivity contribution in [1.82, 2.24) is 14.5 Å². The molecule has 2 rings (SSSR count). The van der Waals surface area contributed by atoms with Gasteiger partial charge in [-0.05, 0) is 25.8 Å². The Labute approximate surface area is 96.3 Å². The molecule has 0 aliphatic carbocycles. The van der Waals surface area contributed by atoms with E-state index in [0.717, 1.165) is 38.8 Å². The third-order valence-corrected chi connectivity index (χ3v) is 3.24. The summed E-state index contributed by atoms with van der Waals surface area (Å²) < 4.78 is 2.08. The van der Waals surface area contributed by atoms with Crippen molar-refractivity contribution in [3.63, 3.8) is 0 Å². The van der Waals surface area contributed by atoms with Crippen molar-refractivity contribution in [2.24, 2.45) is 0 Å². The van der Waals surface area contributed by atoms with E-state index in [1.807, 2.05) is 12.5 Å². The molecule has 0 N–H and O–H groups in total. The summed E-state index contributed by atoms with van der Waals surface area (Å²) in [7, 11) is 0. The lowest BCUT2D eigenvalue weighted by Crippen LogP contribution is -2.41.